The number of carbonyl (C=O) groups is 1. The lowest BCUT2D eigenvalue weighted by Crippen LogP contribution is -2.30. The third kappa shape index (κ3) is 3.10. The smallest absolute Gasteiger partial charge is 0.227 e. The number of para-hydroxylation sites is 2. The van der Waals surface area contributed by atoms with E-state index in [1.807, 2.05) is 18.2 Å². The van der Waals surface area contributed by atoms with Gasteiger partial charge in [-0.15, -0.1) is 0 Å². The van der Waals surface area contributed by atoms with Gasteiger partial charge in [0.1, 0.15) is 5.75 Å². The van der Waals surface area contributed by atoms with Crippen molar-refractivity contribution in [2.75, 3.05) is 4.90 Å². The molecule has 0 unspecified atom stereocenters. The summed E-state index contributed by atoms with van der Waals surface area (Å²) in [6.45, 7) is 2.15. The molecule has 1 amide bonds. The standard InChI is InChI=1S/C15H16N2O2/c1-2-15(19)17(11-12-7-5-6-10-16-12)13-8-3-4-9-14(13)18/h3-10,18H,2,11H2,1H3. The highest BCUT2D eigenvalue weighted by molar-refractivity contribution is 5.94. The minimum atomic E-state index is -0.0489. The largest absolute Gasteiger partial charge is 0.506 e. The van der Waals surface area contributed by atoms with Crippen molar-refractivity contribution in [2.45, 2.75) is 19.9 Å². The van der Waals surface area contributed by atoms with Crippen LogP contribution in [0.1, 0.15) is 19.0 Å². The Bertz CT molecular complexity index is 555. The molecular formula is C15H16N2O2. The molecule has 0 bridgehead atoms. The van der Waals surface area contributed by atoms with Crippen molar-refractivity contribution in [1.82, 2.24) is 4.98 Å². The van der Waals surface area contributed by atoms with E-state index in [1.54, 1.807) is 42.3 Å². The normalized spacial score (nSPS) is 10.2. The minimum Gasteiger partial charge on any atom is -0.506 e. The van der Waals surface area contributed by atoms with Crippen molar-refractivity contribution >= 4 is 11.6 Å². The molecule has 1 aromatic carbocycles. The van der Waals surface area contributed by atoms with Crippen LogP contribution < -0.4 is 4.90 Å². The van der Waals surface area contributed by atoms with Crippen LogP contribution in [0.15, 0.2) is 48.7 Å². The summed E-state index contributed by atoms with van der Waals surface area (Å²) >= 11 is 0. The first-order valence-electron chi connectivity index (χ1n) is 6.20. The van der Waals surface area contributed by atoms with E-state index in [-0.39, 0.29) is 11.7 Å². The fourth-order valence-electron chi connectivity index (χ4n) is 1.84. The number of phenols is 1. The average molecular weight is 256 g/mol. The van der Waals surface area contributed by atoms with Gasteiger partial charge in [0.25, 0.3) is 0 Å². The molecule has 0 aliphatic heterocycles. The predicted octanol–water partition coefficient (Wildman–Crippen LogP) is 2.73. The molecule has 0 saturated carbocycles. The molecule has 98 valence electrons. The van der Waals surface area contributed by atoms with Crippen molar-refractivity contribution in [3.05, 3.63) is 54.4 Å². The summed E-state index contributed by atoms with van der Waals surface area (Å²) in [6.07, 6.45) is 2.07. The maximum atomic E-state index is 12.1. The molecular weight excluding hydrogens is 240 g/mol. The van der Waals surface area contributed by atoms with Crippen LogP contribution in [0.3, 0.4) is 0 Å². The van der Waals surface area contributed by atoms with E-state index in [0.29, 0.717) is 18.7 Å². The van der Waals surface area contributed by atoms with Gasteiger partial charge in [0.2, 0.25) is 5.91 Å². The predicted molar refractivity (Wildman–Crippen MR) is 73.8 cm³/mol. The average Bonchev–Trinajstić information content (AvgIpc) is 2.46. The molecule has 0 aliphatic carbocycles. The molecule has 1 N–H and O–H groups in total. The second kappa shape index (κ2) is 6.00. The minimum absolute atomic E-state index is 0.0489. The maximum absolute atomic E-state index is 12.1. The number of phenolic OH excluding ortho intramolecular Hbond substituents is 1. The molecule has 0 atom stereocenters. The molecule has 0 fully saturated rings. The van der Waals surface area contributed by atoms with Crippen LogP contribution in [-0.2, 0) is 11.3 Å². The number of aromatic nitrogens is 1. The van der Waals surface area contributed by atoms with Gasteiger partial charge in [0, 0.05) is 12.6 Å². The van der Waals surface area contributed by atoms with E-state index in [4.69, 9.17) is 0 Å². The van der Waals surface area contributed by atoms with Crippen LogP contribution in [0.25, 0.3) is 0 Å². The molecule has 4 heteroatoms. The highest BCUT2D eigenvalue weighted by Crippen LogP contribution is 2.28. The SMILES string of the molecule is CCC(=O)N(Cc1ccccn1)c1ccccc1O. The van der Waals surface area contributed by atoms with Gasteiger partial charge < -0.3 is 10.0 Å². The first kappa shape index (κ1) is 13.1. The highest BCUT2D eigenvalue weighted by Gasteiger charge is 2.17. The van der Waals surface area contributed by atoms with E-state index in [9.17, 15) is 9.90 Å². The Hall–Kier alpha value is -2.36. The number of hydrogen-bond donors (Lipinski definition) is 1. The van der Waals surface area contributed by atoms with Crippen LogP contribution in [0.5, 0.6) is 5.75 Å². The number of carbonyl (C=O) groups excluding carboxylic acids is 1. The summed E-state index contributed by atoms with van der Waals surface area (Å²) in [5.41, 5.74) is 1.30. The summed E-state index contributed by atoms with van der Waals surface area (Å²) in [6, 6.07) is 12.4. The Kier molecular flexibility index (Phi) is 4.13. The van der Waals surface area contributed by atoms with E-state index in [0.717, 1.165) is 5.69 Å². The van der Waals surface area contributed by atoms with Crippen LogP contribution in [0.4, 0.5) is 5.69 Å². The summed E-state index contributed by atoms with van der Waals surface area (Å²) in [7, 11) is 0. The van der Waals surface area contributed by atoms with Crippen molar-refractivity contribution < 1.29 is 9.90 Å². The van der Waals surface area contributed by atoms with Crippen molar-refractivity contribution in [2.24, 2.45) is 0 Å². The first-order valence-corrected chi connectivity index (χ1v) is 6.20. The molecule has 0 spiro atoms. The van der Waals surface area contributed by atoms with E-state index in [2.05, 4.69) is 4.98 Å². The molecule has 19 heavy (non-hydrogen) atoms. The number of anilines is 1. The second-order valence-electron chi connectivity index (χ2n) is 4.14. The van der Waals surface area contributed by atoms with Crippen LogP contribution in [-0.4, -0.2) is 16.0 Å². The number of nitrogens with zero attached hydrogens (tertiary/aromatic N) is 2. The number of amides is 1. The summed E-state index contributed by atoms with van der Waals surface area (Å²) in [4.78, 5) is 17.8. The molecule has 2 aromatic rings. The second-order valence-corrected chi connectivity index (χ2v) is 4.14. The fraction of sp³-hybridized carbons (Fsp3) is 0.200. The zero-order valence-electron chi connectivity index (χ0n) is 10.8. The monoisotopic (exact) mass is 256 g/mol. The van der Waals surface area contributed by atoms with Crippen molar-refractivity contribution in [1.29, 1.82) is 0 Å². The van der Waals surface area contributed by atoms with Crippen molar-refractivity contribution in [3.63, 3.8) is 0 Å². The molecule has 0 radical (unpaired) electrons. The van der Waals surface area contributed by atoms with E-state index in [1.165, 1.54) is 0 Å². The molecule has 0 aliphatic rings. The lowest BCUT2D eigenvalue weighted by molar-refractivity contribution is -0.118. The number of rotatable bonds is 4. The summed E-state index contributed by atoms with van der Waals surface area (Å²) in [5, 5.41) is 9.89. The Balaban J connectivity index is 2.32. The zero-order valence-corrected chi connectivity index (χ0v) is 10.8. The number of benzene rings is 1. The molecule has 4 nitrogen and oxygen atoms in total. The quantitative estimate of drug-likeness (QED) is 0.915. The van der Waals surface area contributed by atoms with Gasteiger partial charge in [0.05, 0.1) is 17.9 Å². The Morgan fingerprint density at radius 2 is 1.95 bits per heavy atom. The van der Waals surface area contributed by atoms with Crippen LogP contribution >= 0.6 is 0 Å². The van der Waals surface area contributed by atoms with Gasteiger partial charge in [0.15, 0.2) is 0 Å². The highest BCUT2D eigenvalue weighted by atomic mass is 16.3. The third-order valence-corrected chi connectivity index (χ3v) is 2.82. The first-order chi connectivity index (χ1) is 9.22. The van der Waals surface area contributed by atoms with Crippen LogP contribution in [0.2, 0.25) is 0 Å². The van der Waals surface area contributed by atoms with Crippen LogP contribution in [0, 0.1) is 0 Å². The van der Waals surface area contributed by atoms with E-state index >= 15 is 0 Å². The van der Waals surface area contributed by atoms with Gasteiger partial charge in [-0.3, -0.25) is 9.78 Å². The van der Waals surface area contributed by atoms with Gasteiger partial charge in [-0.1, -0.05) is 25.1 Å². The molecule has 0 saturated heterocycles. The van der Waals surface area contributed by atoms with Gasteiger partial charge in [-0.2, -0.15) is 0 Å². The molecule has 2 rings (SSSR count). The Morgan fingerprint density at radius 1 is 1.21 bits per heavy atom. The lowest BCUT2D eigenvalue weighted by Gasteiger charge is -2.22. The number of pyridine rings is 1. The van der Waals surface area contributed by atoms with Gasteiger partial charge in [-0.05, 0) is 24.3 Å². The molecule has 1 aromatic heterocycles. The molecule has 1 heterocycles. The topological polar surface area (TPSA) is 53.4 Å². The van der Waals surface area contributed by atoms with Crippen molar-refractivity contribution in [3.8, 4) is 5.75 Å². The third-order valence-electron chi connectivity index (χ3n) is 2.82. The lowest BCUT2D eigenvalue weighted by atomic mass is 10.2. The Morgan fingerprint density at radius 3 is 2.58 bits per heavy atom. The van der Waals surface area contributed by atoms with Gasteiger partial charge >= 0.3 is 0 Å². The summed E-state index contributed by atoms with van der Waals surface area (Å²) < 4.78 is 0. The van der Waals surface area contributed by atoms with E-state index < -0.39 is 0 Å². The number of aromatic hydroxyl groups is 1. The Labute approximate surface area is 112 Å². The fourth-order valence-corrected chi connectivity index (χ4v) is 1.84. The number of hydrogen-bond acceptors (Lipinski definition) is 3. The summed E-state index contributed by atoms with van der Waals surface area (Å²) in [5.74, 6) is 0.0485. The van der Waals surface area contributed by atoms with Gasteiger partial charge in [-0.25, -0.2) is 0 Å². The zero-order chi connectivity index (χ0) is 13.7. The maximum Gasteiger partial charge on any atom is 0.227 e.